The number of aryl methyl sites for hydroxylation is 2. The van der Waals surface area contributed by atoms with Crippen LogP contribution in [0.2, 0.25) is 0 Å². The SMILES string of the molecule is Cc1ccc(C)c(-n2c(SCc3cn4cccnc4n3)nc3ccccc3c2=O)c1. The van der Waals surface area contributed by atoms with Gasteiger partial charge in [-0.05, 0) is 49.2 Å². The van der Waals surface area contributed by atoms with E-state index >= 15 is 0 Å². The van der Waals surface area contributed by atoms with E-state index in [0.717, 1.165) is 22.5 Å². The molecule has 30 heavy (non-hydrogen) atoms. The predicted octanol–water partition coefficient (Wildman–Crippen LogP) is 4.34. The molecule has 3 heterocycles. The third kappa shape index (κ3) is 3.27. The molecule has 0 aliphatic carbocycles. The van der Waals surface area contributed by atoms with E-state index < -0.39 is 0 Å². The fraction of sp³-hybridized carbons (Fsp3) is 0.130. The summed E-state index contributed by atoms with van der Waals surface area (Å²) in [5.41, 5.74) is 4.50. The van der Waals surface area contributed by atoms with Crippen LogP contribution in [0, 0.1) is 13.8 Å². The number of fused-ring (bicyclic) bond motifs is 2. The molecular formula is C23H19N5OS. The summed E-state index contributed by atoms with van der Waals surface area (Å²) in [6, 6.07) is 15.5. The summed E-state index contributed by atoms with van der Waals surface area (Å²) in [4.78, 5) is 27.1. The number of imidazole rings is 1. The average molecular weight is 414 g/mol. The molecule has 148 valence electrons. The monoisotopic (exact) mass is 413 g/mol. The van der Waals surface area contributed by atoms with E-state index in [4.69, 9.17) is 4.98 Å². The Hall–Kier alpha value is -3.45. The summed E-state index contributed by atoms with van der Waals surface area (Å²) in [7, 11) is 0. The van der Waals surface area contributed by atoms with Gasteiger partial charge in [0.1, 0.15) is 0 Å². The maximum absolute atomic E-state index is 13.4. The smallest absolute Gasteiger partial charge is 0.266 e. The second-order valence-electron chi connectivity index (χ2n) is 7.19. The standard InChI is InChI=1S/C23H19N5OS/c1-15-8-9-16(2)20(12-15)28-21(29)18-6-3-4-7-19(18)26-23(28)30-14-17-13-27-11-5-10-24-22(27)25-17/h3-13H,14H2,1-2H3. The molecule has 3 aromatic heterocycles. The summed E-state index contributed by atoms with van der Waals surface area (Å²) >= 11 is 1.50. The largest absolute Gasteiger partial charge is 0.291 e. The fourth-order valence-electron chi connectivity index (χ4n) is 3.47. The van der Waals surface area contributed by atoms with Gasteiger partial charge in [-0.15, -0.1) is 0 Å². The molecule has 0 aliphatic heterocycles. The number of aromatic nitrogens is 5. The van der Waals surface area contributed by atoms with E-state index in [2.05, 4.69) is 16.0 Å². The van der Waals surface area contributed by atoms with Crippen LogP contribution in [0.1, 0.15) is 16.8 Å². The van der Waals surface area contributed by atoms with E-state index in [0.29, 0.717) is 27.6 Å². The molecule has 0 atom stereocenters. The van der Waals surface area contributed by atoms with Crippen LogP contribution in [0.4, 0.5) is 0 Å². The van der Waals surface area contributed by atoms with Crippen molar-refractivity contribution < 1.29 is 0 Å². The van der Waals surface area contributed by atoms with Gasteiger partial charge in [-0.1, -0.05) is 36.0 Å². The van der Waals surface area contributed by atoms with Crippen molar-refractivity contribution in [1.82, 2.24) is 23.9 Å². The van der Waals surface area contributed by atoms with Gasteiger partial charge in [-0.2, -0.15) is 0 Å². The van der Waals surface area contributed by atoms with Crippen molar-refractivity contribution in [3.8, 4) is 5.69 Å². The molecule has 5 rings (SSSR count). The van der Waals surface area contributed by atoms with E-state index in [1.54, 1.807) is 10.8 Å². The molecule has 7 heteroatoms. The zero-order valence-electron chi connectivity index (χ0n) is 16.6. The lowest BCUT2D eigenvalue weighted by atomic mass is 10.1. The lowest BCUT2D eigenvalue weighted by molar-refractivity contribution is 0.813. The Bertz CT molecular complexity index is 1420. The van der Waals surface area contributed by atoms with Crippen LogP contribution in [0.25, 0.3) is 22.4 Å². The quantitative estimate of drug-likeness (QED) is 0.324. The van der Waals surface area contributed by atoms with Crippen LogP contribution >= 0.6 is 11.8 Å². The highest BCUT2D eigenvalue weighted by atomic mass is 32.2. The summed E-state index contributed by atoms with van der Waals surface area (Å²) in [5, 5.41) is 1.26. The molecular weight excluding hydrogens is 394 g/mol. The Morgan fingerprint density at radius 1 is 1.03 bits per heavy atom. The van der Waals surface area contributed by atoms with Crippen LogP contribution in [-0.2, 0) is 5.75 Å². The second kappa shape index (κ2) is 7.42. The number of rotatable bonds is 4. The van der Waals surface area contributed by atoms with Gasteiger partial charge in [0.15, 0.2) is 5.16 Å². The molecule has 0 spiro atoms. The highest BCUT2D eigenvalue weighted by molar-refractivity contribution is 7.98. The molecule has 0 N–H and O–H groups in total. The molecule has 0 bridgehead atoms. The Labute approximate surface area is 177 Å². The van der Waals surface area contributed by atoms with Crippen LogP contribution in [-0.4, -0.2) is 23.9 Å². The highest BCUT2D eigenvalue weighted by Crippen LogP contribution is 2.26. The van der Waals surface area contributed by atoms with E-state index in [-0.39, 0.29) is 5.56 Å². The van der Waals surface area contributed by atoms with Gasteiger partial charge >= 0.3 is 0 Å². The van der Waals surface area contributed by atoms with Crippen LogP contribution in [0.3, 0.4) is 0 Å². The fourth-order valence-corrected chi connectivity index (χ4v) is 4.36. The first kappa shape index (κ1) is 18.6. The predicted molar refractivity (Wildman–Crippen MR) is 119 cm³/mol. The topological polar surface area (TPSA) is 65.1 Å². The van der Waals surface area contributed by atoms with E-state index in [1.807, 2.05) is 73.1 Å². The summed E-state index contributed by atoms with van der Waals surface area (Å²) in [6.45, 7) is 4.04. The summed E-state index contributed by atoms with van der Waals surface area (Å²) in [6.07, 6.45) is 5.60. The second-order valence-corrected chi connectivity index (χ2v) is 8.13. The van der Waals surface area contributed by atoms with Gasteiger partial charge in [0.2, 0.25) is 5.78 Å². The van der Waals surface area contributed by atoms with Crippen molar-refractivity contribution in [2.45, 2.75) is 24.8 Å². The van der Waals surface area contributed by atoms with Gasteiger partial charge in [-0.3, -0.25) is 13.8 Å². The van der Waals surface area contributed by atoms with Crippen molar-refractivity contribution >= 4 is 28.4 Å². The zero-order valence-corrected chi connectivity index (χ0v) is 17.4. The minimum Gasteiger partial charge on any atom is -0.291 e. The lowest BCUT2D eigenvalue weighted by Crippen LogP contribution is -2.22. The Morgan fingerprint density at radius 2 is 1.90 bits per heavy atom. The van der Waals surface area contributed by atoms with Crippen LogP contribution in [0.5, 0.6) is 0 Å². The number of nitrogens with zero attached hydrogens (tertiary/aromatic N) is 5. The maximum Gasteiger partial charge on any atom is 0.266 e. The average Bonchev–Trinajstić information content (AvgIpc) is 3.17. The van der Waals surface area contributed by atoms with Crippen LogP contribution < -0.4 is 5.56 Å². The molecule has 0 unspecified atom stereocenters. The Morgan fingerprint density at radius 3 is 2.77 bits per heavy atom. The Balaban J connectivity index is 1.64. The lowest BCUT2D eigenvalue weighted by Gasteiger charge is -2.15. The minimum absolute atomic E-state index is 0.0616. The third-order valence-electron chi connectivity index (χ3n) is 4.99. The summed E-state index contributed by atoms with van der Waals surface area (Å²) < 4.78 is 3.62. The molecule has 0 saturated carbocycles. The number of hydrogen-bond acceptors (Lipinski definition) is 5. The Kier molecular flexibility index (Phi) is 4.59. The number of thioether (sulfide) groups is 1. The van der Waals surface area contributed by atoms with Crippen molar-refractivity contribution in [2.75, 3.05) is 0 Å². The zero-order chi connectivity index (χ0) is 20.7. The van der Waals surface area contributed by atoms with Gasteiger partial charge in [-0.25, -0.2) is 15.0 Å². The normalized spacial score (nSPS) is 11.4. The number of benzene rings is 2. The minimum atomic E-state index is -0.0616. The van der Waals surface area contributed by atoms with Gasteiger partial charge in [0.05, 0.1) is 22.3 Å². The molecule has 5 aromatic rings. The molecule has 0 radical (unpaired) electrons. The van der Waals surface area contributed by atoms with Gasteiger partial charge in [0, 0.05) is 24.3 Å². The summed E-state index contributed by atoms with van der Waals surface area (Å²) in [5.74, 6) is 1.24. The maximum atomic E-state index is 13.4. The first-order valence-corrected chi connectivity index (χ1v) is 10.6. The van der Waals surface area contributed by atoms with Crippen LogP contribution in [0.15, 0.2) is 77.1 Å². The third-order valence-corrected chi connectivity index (χ3v) is 5.96. The van der Waals surface area contributed by atoms with Crippen molar-refractivity contribution in [2.24, 2.45) is 0 Å². The molecule has 0 saturated heterocycles. The first-order valence-electron chi connectivity index (χ1n) is 9.61. The molecule has 0 amide bonds. The van der Waals surface area contributed by atoms with Gasteiger partial charge < -0.3 is 0 Å². The van der Waals surface area contributed by atoms with Crippen molar-refractivity contribution in [1.29, 1.82) is 0 Å². The molecule has 2 aromatic carbocycles. The molecule has 0 fully saturated rings. The van der Waals surface area contributed by atoms with Crippen molar-refractivity contribution in [3.05, 3.63) is 94.3 Å². The molecule has 6 nitrogen and oxygen atoms in total. The van der Waals surface area contributed by atoms with E-state index in [1.165, 1.54) is 11.8 Å². The van der Waals surface area contributed by atoms with E-state index in [9.17, 15) is 4.79 Å². The number of para-hydroxylation sites is 1. The first-order chi connectivity index (χ1) is 14.6. The molecule has 0 aliphatic rings. The highest BCUT2D eigenvalue weighted by Gasteiger charge is 2.16. The van der Waals surface area contributed by atoms with Gasteiger partial charge in [0.25, 0.3) is 5.56 Å². The number of hydrogen-bond donors (Lipinski definition) is 0. The van der Waals surface area contributed by atoms with Crippen molar-refractivity contribution in [3.63, 3.8) is 0 Å².